The number of thiazole rings is 1. The predicted octanol–water partition coefficient (Wildman–Crippen LogP) is 3.90. The lowest BCUT2D eigenvalue weighted by Gasteiger charge is -2.31. The van der Waals surface area contributed by atoms with Gasteiger partial charge in [0.25, 0.3) is 0 Å². The molecule has 1 aromatic heterocycles. The van der Waals surface area contributed by atoms with Gasteiger partial charge in [-0.05, 0) is 20.0 Å². The Morgan fingerprint density at radius 1 is 1.24 bits per heavy atom. The van der Waals surface area contributed by atoms with Gasteiger partial charge in [0.05, 0.1) is 5.01 Å². The fourth-order valence-electron chi connectivity index (χ4n) is 2.68. The summed E-state index contributed by atoms with van der Waals surface area (Å²) in [5.74, 6) is 0.763. The summed E-state index contributed by atoms with van der Waals surface area (Å²) in [6.07, 6.45) is 4.52. The van der Waals surface area contributed by atoms with E-state index in [0.29, 0.717) is 6.04 Å². The minimum atomic E-state index is 0.157. The van der Waals surface area contributed by atoms with Crippen LogP contribution in [0.5, 0.6) is 0 Å². The molecule has 1 unspecified atom stereocenters. The molecule has 0 saturated heterocycles. The summed E-state index contributed by atoms with van der Waals surface area (Å²) in [4.78, 5) is 8.25. The van der Waals surface area contributed by atoms with Crippen LogP contribution in [0.15, 0.2) is 6.20 Å². The molecule has 1 aromatic rings. The van der Waals surface area contributed by atoms with Gasteiger partial charge in [-0.2, -0.15) is 0 Å². The average Bonchev–Trinajstić information content (AvgIpc) is 2.86. The molecule has 4 heteroatoms. The molecule has 0 bridgehead atoms. The first-order valence-electron chi connectivity index (χ1n) is 8.11. The zero-order valence-corrected chi connectivity index (χ0v) is 15.7. The average molecular weight is 312 g/mol. The molecular weight excluding hydrogens is 278 g/mol. The fraction of sp³-hybridized carbons (Fsp3) is 0.824. The number of aromatic nitrogens is 1. The van der Waals surface area contributed by atoms with Gasteiger partial charge in [-0.1, -0.05) is 47.5 Å². The normalized spacial score (nSPS) is 14.1. The molecule has 0 aliphatic rings. The van der Waals surface area contributed by atoms with Gasteiger partial charge in [-0.3, -0.25) is 0 Å². The van der Waals surface area contributed by atoms with Gasteiger partial charge in [0.15, 0.2) is 0 Å². The lowest BCUT2D eigenvalue weighted by atomic mass is 9.93. The predicted molar refractivity (Wildman–Crippen MR) is 94.1 cm³/mol. The molecule has 0 aromatic carbocycles. The van der Waals surface area contributed by atoms with E-state index in [0.717, 1.165) is 19.0 Å². The molecule has 0 saturated carbocycles. The summed E-state index contributed by atoms with van der Waals surface area (Å²) < 4.78 is 0. The number of likely N-dealkylation sites (N-methyl/N-ethyl adjacent to an activating group) is 1. The van der Waals surface area contributed by atoms with Crippen molar-refractivity contribution in [2.45, 2.75) is 65.5 Å². The van der Waals surface area contributed by atoms with Crippen LogP contribution in [-0.2, 0) is 12.0 Å². The summed E-state index contributed by atoms with van der Waals surface area (Å²) in [5, 5.41) is 4.85. The first-order valence-corrected chi connectivity index (χ1v) is 8.93. The smallest absolute Gasteiger partial charge is 0.0981 e. The molecule has 0 aliphatic heterocycles. The van der Waals surface area contributed by atoms with E-state index in [4.69, 9.17) is 0 Å². The molecule has 0 aliphatic carbocycles. The lowest BCUT2D eigenvalue weighted by Crippen LogP contribution is -2.42. The van der Waals surface area contributed by atoms with Crippen LogP contribution in [0.3, 0.4) is 0 Å². The lowest BCUT2D eigenvalue weighted by molar-refractivity contribution is 0.194. The maximum Gasteiger partial charge on any atom is 0.0981 e. The largest absolute Gasteiger partial charge is 0.310 e. The molecule has 1 N–H and O–H groups in total. The van der Waals surface area contributed by atoms with Gasteiger partial charge in [0.2, 0.25) is 0 Å². The maximum atomic E-state index is 4.56. The highest BCUT2D eigenvalue weighted by molar-refractivity contribution is 7.11. The highest BCUT2D eigenvalue weighted by atomic mass is 32.1. The van der Waals surface area contributed by atoms with Crippen molar-refractivity contribution in [2.75, 3.05) is 20.6 Å². The molecule has 1 atom stereocenters. The van der Waals surface area contributed by atoms with E-state index in [1.807, 2.05) is 17.5 Å². The maximum absolute atomic E-state index is 4.56. The second-order valence-corrected chi connectivity index (χ2v) is 8.24. The highest BCUT2D eigenvalue weighted by Crippen LogP contribution is 2.26. The van der Waals surface area contributed by atoms with Crippen LogP contribution in [-0.4, -0.2) is 36.6 Å². The molecule has 0 fully saturated rings. The van der Waals surface area contributed by atoms with Gasteiger partial charge >= 0.3 is 0 Å². The summed E-state index contributed by atoms with van der Waals surface area (Å²) >= 11 is 1.83. The van der Waals surface area contributed by atoms with E-state index in [9.17, 15) is 0 Å². The van der Waals surface area contributed by atoms with Gasteiger partial charge in [-0.25, -0.2) is 4.98 Å². The number of rotatable bonds is 8. The van der Waals surface area contributed by atoms with Gasteiger partial charge in [0.1, 0.15) is 0 Å². The van der Waals surface area contributed by atoms with E-state index in [-0.39, 0.29) is 5.41 Å². The van der Waals surface area contributed by atoms with Crippen molar-refractivity contribution in [1.82, 2.24) is 15.2 Å². The van der Waals surface area contributed by atoms with Crippen LogP contribution < -0.4 is 5.32 Å². The van der Waals surface area contributed by atoms with E-state index < -0.39 is 0 Å². The Morgan fingerprint density at radius 3 is 2.29 bits per heavy atom. The second kappa shape index (κ2) is 8.25. The zero-order valence-electron chi connectivity index (χ0n) is 14.9. The molecule has 0 amide bonds. The molecule has 1 heterocycles. The van der Waals surface area contributed by atoms with Crippen LogP contribution in [0.25, 0.3) is 0 Å². The third kappa shape index (κ3) is 5.68. The summed E-state index contributed by atoms with van der Waals surface area (Å²) in [7, 11) is 4.38. The standard InChI is InChI=1S/C17H33N3S/c1-8-13(9-2)15(20(6)7)12-18-10-14-11-19-16(21-14)17(3,4)5/h11,13,15,18H,8-10,12H2,1-7H3. The SMILES string of the molecule is CCC(CC)C(CNCc1cnc(C(C)(C)C)s1)N(C)C. The van der Waals surface area contributed by atoms with Crippen molar-refractivity contribution < 1.29 is 0 Å². The van der Waals surface area contributed by atoms with Crippen LogP contribution >= 0.6 is 11.3 Å². The Kier molecular flexibility index (Phi) is 7.31. The van der Waals surface area contributed by atoms with Crippen LogP contribution in [0.1, 0.15) is 57.3 Å². The van der Waals surface area contributed by atoms with Gasteiger partial charge < -0.3 is 10.2 Å². The summed E-state index contributed by atoms with van der Waals surface area (Å²) in [6.45, 7) is 13.2. The molecule has 0 radical (unpaired) electrons. The number of nitrogens with zero attached hydrogens (tertiary/aromatic N) is 2. The van der Waals surface area contributed by atoms with Crippen LogP contribution in [0.4, 0.5) is 0 Å². The zero-order chi connectivity index (χ0) is 16.0. The van der Waals surface area contributed by atoms with Gasteiger partial charge in [0, 0.05) is 35.6 Å². The Labute approximate surface area is 135 Å². The number of nitrogens with one attached hydrogen (secondary N) is 1. The highest BCUT2D eigenvalue weighted by Gasteiger charge is 2.21. The molecule has 1 rings (SSSR count). The Bertz CT molecular complexity index is 402. The van der Waals surface area contributed by atoms with E-state index in [2.05, 4.69) is 63.9 Å². The van der Waals surface area contributed by atoms with E-state index in [1.54, 1.807) is 0 Å². The molecular formula is C17H33N3S. The molecule has 3 nitrogen and oxygen atoms in total. The van der Waals surface area contributed by atoms with Crippen molar-refractivity contribution in [3.05, 3.63) is 16.1 Å². The Balaban J connectivity index is 2.52. The molecule has 21 heavy (non-hydrogen) atoms. The van der Waals surface area contributed by atoms with Crippen LogP contribution in [0.2, 0.25) is 0 Å². The monoisotopic (exact) mass is 311 g/mol. The van der Waals surface area contributed by atoms with E-state index >= 15 is 0 Å². The molecule has 122 valence electrons. The van der Waals surface area contributed by atoms with Crippen molar-refractivity contribution >= 4 is 11.3 Å². The number of hydrogen-bond donors (Lipinski definition) is 1. The van der Waals surface area contributed by atoms with Crippen LogP contribution in [0, 0.1) is 5.92 Å². The fourth-order valence-corrected chi connectivity index (χ4v) is 3.62. The van der Waals surface area contributed by atoms with Crippen molar-refractivity contribution in [3.63, 3.8) is 0 Å². The third-order valence-corrected chi connectivity index (χ3v) is 5.53. The topological polar surface area (TPSA) is 28.2 Å². The first-order chi connectivity index (χ1) is 9.79. The number of hydrogen-bond acceptors (Lipinski definition) is 4. The third-order valence-electron chi connectivity index (χ3n) is 4.10. The molecule has 0 spiro atoms. The summed E-state index contributed by atoms with van der Waals surface area (Å²) in [6, 6.07) is 0.606. The Morgan fingerprint density at radius 2 is 1.86 bits per heavy atom. The van der Waals surface area contributed by atoms with Crippen molar-refractivity contribution in [1.29, 1.82) is 0 Å². The summed E-state index contributed by atoms with van der Waals surface area (Å²) in [5.41, 5.74) is 0.157. The van der Waals surface area contributed by atoms with E-state index in [1.165, 1.54) is 22.7 Å². The minimum Gasteiger partial charge on any atom is -0.310 e. The quantitative estimate of drug-likeness (QED) is 0.789. The van der Waals surface area contributed by atoms with Crippen molar-refractivity contribution in [3.8, 4) is 0 Å². The van der Waals surface area contributed by atoms with Crippen molar-refractivity contribution in [2.24, 2.45) is 5.92 Å². The first kappa shape index (κ1) is 18.6. The van der Waals surface area contributed by atoms with Gasteiger partial charge in [-0.15, -0.1) is 11.3 Å². The Hall–Kier alpha value is -0.450. The minimum absolute atomic E-state index is 0.157. The second-order valence-electron chi connectivity index (χ2n) is 7.12.